The van der Waals surface area contributed by atoms with Gasteiger partial charge >= 0.3 is 6.09 Å². The van der Waals surface area contributed by atoms with E-state index in [1.807, 2.05) is 64.1 Å². The Morgan fingerprint density at radius 1 is 1.00 bits per heavy atom. The highest BCUT2D eigenvalue weighted by molar-refractivity contribution is 5.96. The summed E-state index contributed by atoms with van der Waals surface area (Å²) in [6, 6.07) is 20.1. The number of benzene rings is 3. The molecule has 1 aromatic heterocycles. The number of hydrogen-bond donors (Lipinski definition) is 1. The second-order valence-electron chi connectivity index (χ2n) is 12.5. The number of carbonyl (C=O) groups excluding carboxylic acids is 2. The molecular weight excluding hydrogens is 621 g/mol. The highest BCUT2D eigenvalue weighted by Crippen LogP contribution is 2.31. The molecule has 10 nitrogen and oxygen atoms in total. The van der Waals surface area contributed by atoms with Crippen LogP contribution in [-0.2, 0) is 11.2 Å². The highest BCUT2D eigenvalue weighted by Gasteiger charge is 2.25. The zero-order valence-corrected chi connectivity index (χ0v) is 29.2. The number of aromatic nitrogens is 2. The van der Waals surface area contributed by atoms with Crippen LogP contribution in [0.4, 0.5) is 38.0 Å². The normalized spacial score (nSPS) is 14.8. The van der Waals surface area contributed by atoms with Crippen molar-refractivity contribution in [2.75, 3.05) is 54.9 Å². The molecule has 0 saturated carbocycles. The number of piperazine rings is 1. The van der Waals surface area contributed by atoms with E-state index in [1.54, 1.807) is 29.2 Å². The molecule has 2 amide bonds. The van der Waals surface area contributed by atoms with Gasteiger partial charge in [0.2, 0.25) is 11.9 Å². The largest absolute Gasteiger partial charge is 0.425 e. The number of amides is 2. The van der Waals surface area contributed by atoms with Crippen molar-refractivity contribution >= 4 is 40.8 Å². The van der Waals surface area contributed by atoms with Gasteiger partial charge in [-0.25, -0.2) is 19.1 Å². The lowest BCUT2D eigenvalue weighted by Gasteiger charge is -2.39. The van der Waals surface area contributed by atoms with Crippen LogP contribution >= 0.6 is 0 Å². The van der Waals surface area contributed by atoms with Crippen molar-refractivity contribution < 1.29 is 18.7 Å². The number of nitrogens with one attached hydrogen (secondary N) is 1. The number of halogens is 1. The van der Waals surface area contributed by atoms with E-state index < -0.39 is 6.09 Å². The lowest BCUT2D eigenvalue weighted by atomic mass is 10.1. The van der Waals surface area contributed by atoms with Crippen molar-refractivity contribution in [2.45, 2.75) is 53.5 Å². The van der Waals surface area contributed by atoms with E-state index in [0.717, 1.165) is 36.3 Å². The van der Waals surface area contributed by atoms with E-state index in [4.69, 9.17) is 4.74 Å². The van der Waals surface area contributed by atoms with E-state index in [-0.39, 0.29) is 23.5 Å². The number of aryl methyl sites for hydroxylation is 3. The van der Waals surface area contributed by atoms with Crippen LogP contribution in [0.1, 0.15) is 43.9 Å². The Morgan fingerprint density at radius 2 is 1.73 bits per heavy atom. The molecule has 49 heavy (non-hydrogen) atoms. The molecule has 1 unspecified atom stereocenters. The van der Waals surface area contributed by atoms with Crippen LogP contribution in [0, 0.1) is 19.7 Å². The Balaban J connectivity index is 1.42. The van der Waals surface area contributed by atoms with Gasteiger partial charge < -0.3 is 24.8 Å². The summed E-state index contributed by atoms with van der Waals surface area (Å²) in [6.07, 6.45) is 1.74. The molecule has 0 aliphatic carbocycles. The molecule has 11 heteroatoms. The summed E-state index contributed by atoms with van der Waals surface area (Å²) >= 11 is 0. The fourth-order valence-corrected chi connectivity index (χ4v) is 6.03. The lowest BCUT2D eigenvalue weighted by molar-refractivity contribution is -0.130. The Kier molecular flexibility index (Phi) is 11.5. The Morgan fingerprint density at radius 3 is 2.43 bits per heavy atom. The summed E-state index contributed by atoms with van der Waals surface area (Å²) in [5.74, 6) is 0.650. The molecule has 0 bridgehead atoms. The zero-order valence-electron chi connectivity index (χ0n) is 29.2. The van der Waals surface area contributed by atoms with Gasteiger partial charge in [-0.2, -0.15) is 4.98 Å². The molecule has 1 atom stereocenters. The van der Waals surface area contributed by atoms with Crippen molar-refractivity contribution in [2.24, 2.45) is 0 Å². The average molecular weight is 668 g/mol. The third kappa shape index (κ3) is 8.53. The first-order valence-corrected chi connectivity index (χ1v) is 16.9. The number of rotatable bonds is 11. The van der Waals surface area contributed by atoms with Gasteiger partial charge in [0.05, 0.1) is 11.4 Å². The number of likely N-dealkylation sites (N-methyl/N-ethyl adjacent to an activating group) is 1. The van der Waals surface area contributed by atoms with Crippen LogP contribution in [0.25, 0.3) is 0 Å². The maximum Gasteiger partial charge on any atom is 0.425 e. The smallest absolute Gasteiger partial charge is 0.409 e. The molecule has 1 aliphatic heterocycles. The van der Waals surface area contributed by atoms with Crippen molar-refractivity contribution in [1.82, 2.24) is 19.8 Å². The van der Waals surface area contributed by atoms with E-state index in [0.29, 0.717) is 54.8 Å². The summed E-state index contributed by atoms with van der Waals surface area (Å²) in [5, 5.41) is 3.10. The fourth-order valence-electron chi connectivity index (χ4n) is 6.03. The first-order valence-electron chi connectivity index (χ1n) is 16.9. The van der Waals surface area contributed by atoms with Crippen LogP contribution in [0.3, 0.4) is 0 Å². The second kappa shape index (κ2) is 15.9. The molecule has 1 aliphatic rings. The topological polar surface area (TPSA) is 94.1 Å². The van der Waals surface area contributed by atoms with Gasteiger partial charge in [-0.3, -0.25) is 4.79 Å². The van der Waals surface area contributed by atoms with Crippen LogP contribution in [0.2, 0.25) is 0 Å². The van der Waals surface area contributed by atoms with Gasteiger partial charge in [0.1, 0.15) is 17.4 Å². The Labute approximate surface area is 288 Å². The van der Waals surface area contributed by atoms with Crippen LogP contribution < -0.4 is 19.9 Å². The fraction of sp³-hybridized carbons (Fsp3) is 0.368. The number of para-hydroxylation sites is 1. The minimum Gasteiger partial charge on any atom is -0.409 e. The first-order chi connectivity index (χ1) is 23.6. The predicted molar refractivity (Wildman–Crippen MR) is 193 cm³/mol. The summed E-state index contributed by atoms with van der Waals surface area (Å²) in [5.41, 5.74) is 4.08. The van der Waals surface area contributed by atoms with Crippen molar-refractivity contribution in [3.8, 4) is 5.75 Å². The number of nitrogens with zero attached hydrogens (tertiary/aromatic N) is 6. The third-order valence-corrected chi connectivity index (χ3v) is 9.07. The van der Waals surface area contributed by atoms with E-state index in [9.17, 15) is 9.59 Å². The average Bonchev–Trinajstić information content (AvgIpc) is 3.08. The third-order valence-electron chi connectivity index (χ3n) is 9.07. The molecule has 1 N–H and O–H groups in total. The summed E-state index contributed by atoms with van der Waals surface area (Å²) < 4.78 is 21.4. The lowest BCUT2D eigenvalue weighted by Crippen LogP contribution is -2.50. The van der Waals surface area contributed by atoms with Crippen LogP contribution in [0.15, 0.2) is 72.9 Å². The van der Waals surface area contributed by atoms with E-state index in [1.165, 1.54) is 17.2 Å². The predicted octanol–water partition coefficient (Wildman–Crippen LogP) is 7.25. The van der Waals surface area contributed by atoms with Crippen molar-refractivity contribution in [3.05, 3.63) is 95.4 Å². The minimum atomic E-state index is -0.657. The molecule has 0 spiro atoms. The maximum atomic E-state index is 15.4. The Hall–Kier alpha value is -5.03. The van der Waals surface area contributed by atoms with Gasteiger partial charge in [0, 0.05) is 63.1 Å². The summed E-state index contributed by atoms with van der Waals surface area (Å²) in [7, 11) is 2.08. The Bertz CT molecular complexity index is 1760. The molecule has 4 aromatic rings. The van der Waals surface area contributed by atoms with Gasteiger partial charge in [-0.05, 0) is 95.1 Å². The standard InChI is InChI=1S/C38H46FN7O3/c1-7-44(8-2)35(47)18-15-29-13-10-14-31(23-29)46(38(48)49-36-26(3)11-9-12-27(36)4)34-19-20-40-37(42-34)41-30-16-17-33(32(39)24-30)45-22-21-43(6)28(5)25-45/h9-14,16-17,19-20,23-24,28H,7-8,15,18,21-22,25H2,1-6H3,(H,40,41,42). The number of ether oxygens (including phenoxy) is 1. The minimum absolute atomic E-state index is 0.0794. The van der Waals surface area contributed by atoms with Gasteiger partial charge in [0.15, 0.2) is 0 Å². The van der Waals surface area contributed by atoms with Crippen LogP contribution in [0.5, 0.6) is 5.75 Å². The van der Waals surface area contributed by atoms with Crippen molar-refractivity contribution in [1.29, 1.82) is 0 Å². The SMILES string of the molecule is CCN(CC)C(=O)CCc1cccc(N(C(=O)Oc2c(C)cccc2C)c2ccnc(Nc3ccc(N4CCN(C)C(C)C4)c(F)c3)n2)c1. The maximum absolute atomic E-state index is 15.4. The highest BCUT2D eigenvalue weighted by atomic mass is 19.1. The van der Waals surface area contributed by atoms with Gasteiger partial charge in [0.25, 0.3) is 0 Å². The van der Waals surface area contributed by atoms with Crippen molar-refractivity contribution in [3.63, 3.8) is 0 Å². The van der Waals surface area contributed by atoms with Gasteiger partial charge in [-0.1, -0.05) is 30.3 Å². The summed E-state index contributed by atoms with van der Waals surface area (Å²) in [4.78, 5) is 43.3. The molecular formula is C38H46FN7O3. The van der Waals surface area contributed by atoms with Crippen LogP contribution in [-0.4, -0.2) is 77.6 Å². The molecule has 1 saturated heterocycles. The second-order valence-corrected chi connectivity index (χ2v) is 12.5. The van der Waals surface area contributed by atoms with E-state index in [2.05, 4.69) is 39.1 Å². The quantitative estimate of drug-likeness (QED) is 0.179. The molecule has 2 heterocycles. The monoisotopic (exact) mass is 667 g/mol. The zero-order chi connectivity index (χ0) is 35.1. The molecule has 0 radical (unpaired) electrons. The number of anilines is 5. The molecule has 3 aromatic carbocycles. The first kappa shape index (κ1) is 35.3. The molecule has 1 fully saturated rings. The molecule has 258 valence electrons. The number of carbonyl (C=O) groups is 2. The van der Waals surface area contributed by atoms with Gasteiger partial charge in [-0.15, -0.1) is 0 Å². The van der Waals surface area contributed by atoms with E-state index >= 15 is 4.39 Å². The molecule has 5 rings (SSSR count). The number of hydrogen-bond acceptors (Lipinski definition) is 8. The summed E-state index contributed by atoms with van der Waals surface area (Å²) in [6.45, 7) is 13.5.